The van der Waals surface area contributed by atoms with E-state index in [4.69, 9.17) is 4.74 Å². The number of hydrogen-bond donors (Lipinski definition) is 1. The van der Waals surface area contributed by atoms with E-state index in [1.54, 1.807) is 0 Å². The van der Waals surface area contributed by atoms with Gasteiger partial charge < -0.3 is 4.74 Å². The number of aryl methyl sites for hydroxylation is 1. The number of hydrogen-bond acceptors (Lipinski definition) is 4. The maximum atomic E-state index is 12.6. The fourth-order valence-corrected chi connectivity index (χ4v) is 3.72. The van der Waals surface area contributed by atoms with Gasteiger partial charge in [0, 0.05) is 16.0 Å². The van der Waals surface area contributed by atoms with Gasteiger partial charge in [-0.15, -0.1) is 11.3 Å². The zero-order valence-corrected chi connectivity index (χ0v) is 17.8. The molecule has 5 heteroatoms. The molecule has 0 aliphatic carbocycles. The average Bonchev–Trinajstić information content (AvgIpc) is 3.02. The molecule has 0 aliphatic heterocycles. The minimum atomic E-state index is -0.146. The maximum Gasteiger partial charge on any atom is 0.257 e. The Hall–Kier alpha value is -2.66. The number of carbonyl (C=O) groups excluding carboxylic acids is 1. The van der Waals surface area contributed by atoms with Gasteiger partial charge in [0.2, 0.25) is 0 Å². The van der Waals surface area contributed by atoms with E-state index in [0.717, 1.165) is 21.9 Å². The van der Waals surface area contributed by atoms with Crippen LogP contribution in [0.4, 0.5) is 5.13 Å². The number of ether oxygens (including phenoxy) is 1. The fourth-order valence-electron chi connectivity index (χ4n) is 2.88. The highest BCUT2D eigenvalue weighted by Crippen LogP contribution is 2.31. The van der Waals surface area contributed by atoms with Gasteiger partial charge >= 0.3 is 0 Å². The predicted molar refractivity (Wildman–Crippen MR) is 117 cm³/mol. The van der Waals surface area contributed by atoms with Crippen molar-refractivity contribution in [3.05, 3.63) is 64.5 Å². The molecule has 2 aromatic carbocycles. The van der Waals surface area contributed by atoms with Gasteiger partial charge in [-0.1, -0.05) is 32.9 Å². The molecule has 0 atom stereocenters. The lowest BCUT2D eigenvalue weighted by atomic mass is 9.87. The van der Waals surface area contributed by atoms with E-state index in [-0.39, 0.29) is 11.3 Å². The number of anilines is 1. The van der Waals surface area contributed by atoms with Crippen molar-refractivity contribution in [2.24, 2.45) is 0 Å². The number of nitrogens with zero attached hydrogens (tertiary/aromatic N) is 1. The van der Waals surface area contributed by atoms with Crippen LogP contribution in [0.25, 0.3) is 11.3 Å². The summed E-state index contributed by atoms with van der Waals surface area (Å²) in [6.45, 7) is 11.1. The highest BCUT2D eigenvalue weighted by atomic mass is 32.1. The van der Waals surface area contributed by atoms with Gasteiger partial charge in [-0.2, -0.15) is 0 Å². The second-order valence-corrected chi connectivity index (χ2v) is 8.87. The molecule has 146 valence electrons. The Labute approximate surface area is 170 Å². The Kier molecular flexibility index (Phi) is 5.84. The molecule has 0 saturated heterocycles. The molecule has 3 aromatic rings. The van der Waals surface area contributed by atoms with Crippen LogP contribution in [-0.2, 0) is 5.41 Å². The standard InChI is InChI=1S/C23H26N2O2S/c1-6-27-19-13-9-16(10-14-19)20-15(2)28-22(24-20)25-21(26)17-7-11-18(12-8-17)23(3,4)5/h7-14H,6H2,1-5H3,(H,24,25,26). The Morgan fingerprint density at radius 2 is 1.71 bits per heavy atom. The van der Waals surface area contributed by atoms with Crippen LogP contribution in [0.5, 0.6) is 5.75 Å². The summed E-state index contributed by atoms with van der Waals surface area (Å²) < 4.78 is 5.49. The Morgan fingerprint density at radius 3 is 2.29 bits per heavy atom. The van der Waals surface area contributed by atoms with E-state index in [0.29, 0.717) is 17.3 Å². The normalized spacial score (nSPS) is 11.3. The first-order valence-corrected chi connectivity index (χ1v) is 10.2. The molecule has 0 radical (unpaired) electrons. The summed E-state index contributed by atoms with van der Waals surface area (Å²) >= 11 is 1.48. The highest BCUT2D eigenvalue weighted by molar-refractivity contribution is 7.16. The Balaban J connectivity index is 1.75. The maximum absolute atomic E-state index is 12.6. The third-order valence-corrected chi connectivity index (χ3v) is 5.36. The third kappa shape index (κ3) is 4.60. The molecule has 1 aromatic heterocycles. The topological polar surface area (TPSA) is 51.2 Å². The lowest BCUT2D eigenvalue weighted by Crippen LogP contribution is -2.14. The van der Waals surface area contributed by atoms with Crippen molar-refractivity contribution >= 4 is 22.4 Å². The fraction of sp³-hybridized carbons (Fsp3) is 0.304. The first kappa shape index (κ1) is 20.1. The van der Waals surface area contributed by atoms with E-state index in [1.165, 1.54) is 16.9 Å². The van der Waals surface area contributed by atoms with Crippen molar-refractivity contribution in [1.82, 2.24) is 4.98 Å². The number of nitrogens with one attached hydrogen (secondary N) is 1. The van der Waals surface area contributed by atoms with Crippen molar-refractivity contribution < 1.29 is 9.53 Å². The molecule has 0 bridgehead atoms. The molecular weight excluding hydrogens is 368 g/mol. The molecule has 0 spiro atoms. The van der Waals surface area contributed by atoms with Gasteiger partial charge in [0.15, 0.2) is 5.13 Å². The molecule has 28 heavy (non-hydrogen) atoms. The monoisotopic (exact) mass is 394 g/mol. The van der Waals surface area contributed by atoms with Gasteiger partial charge in [0.25, 0.3) is 5.91 Å². The first-order chi connectivity index (χ1) is 13.3. The molecule has 1 amide bonds. The van der Waals surface area contributed by atoms with Crippen LogP contribution in [-0.4, -0.2) is 17.5 Å². The van der Waals surface area contributed by atoms with Crippen molar-refractivity contribution in [3.63, 3.8) is 0 Å². The SMILES string of the molecule is CCOc1ccc(-c2nc(NC(=O)c3ccc(C(C)(C)C)cc3)sc2C)cc1. The quantitative estimate of drug-likeness (QED) is 0.571. The van der Waals surface area contributed by atoms with Gasteiger partial charge in [0.05, 0.1) is 12.3 Å². The van der Waals surface area contributed by atoms with Gasteiger partial charge in [0.1, 0.15) is 5.75 Å². The third-order valence-electron chi connectivity index (χ3n) is 4.47. The van der Waals surface area contributed by atoms with Crippen LogP contribution in [0.3, 0.4) is 0 Å². The van der Waals surface area contributed by atoms with E-state index < -0.39 is 0 Å². The molecule has 1 N–H and O–H groups in total. The van der Waals surface area contributed by atoms with E-state index in [9.17, 15) is 4.79 Å². The lowest BCUT2D eigenvalue weighted by molar-refractivity contribution is 0.102. The molecule has 4 nitrogen and oxygen atoms in total. The van der Waals surface area contributed by atoms with E-state index in [2.05, 4.69) is 31.1 Å². The van der Waals surface area contributed by atoms with Crippen LogP contribution in [0, 0.1) is 6.92 Å². The molecule has 1 heterocycles. The second kappa shape index (κ2) is 8.15. The number of amides is 1. The minimum Gasteiger partial charge on any atom is -0.494 e. The van der Waals surface area contributed by atoms with Gasteiger partial charge in [-0.25, -0.2) is 4.98 Å². The van der Waals surface area contributed by atoms with E-state index in [1.807, 2.05) is 62.4 Å². The number of rotatable bonds is 5. The molecule has 0 fully saturated rings. The largest absolute Gasteiger partial charge is 0.494 e. The summed E-state index contributed by atoms with van der Waals surface area (Å²) in [4.78, 5) is 18.3. The van der Waals surface area contributed by atoms with Crippen molar-refractivity contribution in [2.75, 3.05) is 11.9 Å². The number of aromatic nitrogens is 1. The summed E-state index contributed by atoms with van der Waals surface area (Å²) in [7, 11) is 0. The van der Waals surface area contributed by atoms with Crippen molar-refractivity contribution in [2.45, 2.75) is 40.0 Å². The predicted octanol–water partition coefficient (Wildman–Crippen LogP) is 6.07. The Bertz CT molecular complexity index is 952. The summed E-state index contributed by atoms with van der Waals surface area (Å²) in [5, 5.41) is 3.53. The van der Waals surface area contributed by atoms with Crippen LogP contribution in [0.1, 0.15) is 48.5 Å². The van der Waals surface area contributed by atoms with E-state index >= 15 is 0 Å². The summed E-state index contributed by atoms with van der Waals surface area (Å²) in [5.74, 6) is 0.693. The number of benzene rings is 2. The summed E-state index contributed by atoms with van der Waals surface area (Å²) in [6.07, 6.45) is 0. The summed E-state index contributed by atoms with van der Waals surface area (Å²) in [5.41, 5.74) is 3.78. The van der Waals surface area contributed by atoms with Crippen LogP contribution >= 0.6 is 11.3 Å². The summed E-state index contributed by atoms with van der Waals surface area (Å²) in [6, 6.07) is 15.6. The molecule has 0 saturated carbocycles. The van der Waals surface area contributed by atoms with Crippen LogP contribution in [0.15, 0.2) is 48.5 Å². The minimum absolute atomic E-state index is 0.0635. The van der Waals surface area contributed by atoms with Crippen molar-refractivity contribution in [3.8, 4) is 17.0 Å². The average molecular weight is 395 g/mol. The zero-order chi connectivity index (χ0) is 20.3. The molecule has 3 rings (SSSR count). The Morgan fingerprint density at radius 1 is 1.07 bits per heavy atom. The van der Waals surface area contributed by atoms with Gasteiger partial charge in [-0.3, -0.25) is 10.1 Å². The zero-order valence-electron chi connectivity index (χ0n) is 17.0. The molecular formula is C23H26N2O2S. The number of carbonyl (C=O) groups is 1. The molecule has 0 unspecified atom stereocenters. The van der Waals surface area contributed by atoms with Crippen LogP contribution < -0.4 is 10.1 Å². The van der Waals surface area contributed by atoms with Gasteiger partial charge in [-0.05, 0) is 61.2 Å². The smallest absolute Gasteiger partial charge is 0.257 e. The first-order valence-electron chi connectivity index (χ1n) is 9.40. The van der Waals surface area contributed by atoms with Crippen LogP contribution in [0.2, 0.25) is 0 Å². The molecule has 0 aliphatic rings. The van der Waals surface area contributed by atoms with Crippen molar-refractivity contribution in [1.29, 1.82) is 0 Å². The second-order valence-electron chi connectivity index (χ2n) is 7.66. The number of thiazole rings is 1. The highest BCUT2D eigenvalue weighted by Gasteiger charge is 2.16. The lowest BCUT2D eigenvalue weighted by Gasteiger charge is -2.18.